The number of carbonyl (C=O) groups is 1. The van der Waals surface area contributed by atoms with Gasteiger partial charge in [-0.2, -0.15) is 5.10 Å². The van der Waals surface area contributed by atoms with E-state index in [1.807, 2.05) is 12.1 Å². The minimum Gasteiger partial charge on any atom is -0.381 e. The molecular weight excluding hydrogens is 266 g/mol. The van der Waals surface area contributed by atoms with E-state index in [-0.39, 0.29) is 0 Å². The van der Waals surface area contributed by atoms with Crippen LogP contribution in [0.4, 0.5) is 5.69 Å². The van der Waals surface area contributed by atoms with Crippen LogP contribution < -0.4 is 5.32 Å². The Bertz CT molecular complexity index is 585. The fraction of sp³-hybridized carbons (Fsp3) is 0.231. The number of anilines is 1. The van der Waals surface area contributed by atoms with Gasteiger partial charge >= 0.3 is 0 Å². The molecule has 0 aliphatic rings. The maximum Gasteiger partial charge on any atom is 0.255 e. The summed E-state index contributed by atoms with van der Waals surface area (Å²) < 4.78 is 1.61. The molecule has 6 heteroatoms. The molecule has 0 saturated carbocycles. The third-order valence-electron chi connectivity index (χ3n) is 2.49. The Hall–Kier alpha value is -1.85. The van der Waals surface area contributed by atoms with E-state index in [2.05, 4.69) is 10.4 Å². The Morgan fingerprint density at radius 2 is 2.00 bits per heavy atom. The van der Waals surface area contributed by atoms with Gasteiger partial charge in [0.25, 0.3) is 5.91 Å². The predicted molar refractivity (Wildman–Crippen MR) is 73.5 cm³/mol. The van der Waals surface area contributed by atoms with Gasteiger partial charge in [0.2, 0.25) is 0 Å². The average molecular weight is 280 g/mol. The number of nitrogens with one attached hydrogen (secondary N) is 1. The van der Waals surface area contributed by atoms with Gasteiger partial charge < -0.3 is 10.4 Å². The van der Waals surface area contributed by atoms with E-state index in [9.17, 15) is 9.90 Å². The van der Waals surface area contributed by atoms with Gasteiger partial charge in [-0.3, -0.25) is 4.79 Å². The Kier molecular flexibility index (Phi) is 3.59. The standard InChI is InChI=1S/C13H14ClN3O2/c1-13(2,19)12(18)16-10-7-15-17(8-10)11-5-3-9(14)4-6-11/h3-8,19H,1-2H3,(H,16,18). The quantitative estimate of drug-likeness (QED) is 0.905. The van der Waals surface area contributed by atoms with Crippen molar-refractivity contribution in [2.45, 2.75) is 19.4 Å². The van der Waals surface area contributed by atoms with Crippen molar-refractivity contribution in [2.75, 3.05) is 5.32 Å². The lowest BCUT2D eigenvalue weighted by Crippen LogP contribution is -2.36. The summed E-state index contributed by atoms with van der Waals surface area (Å²) in [4.78, 5) is 11.6. The van der Waals surface area contributed by atoms with Gasteiger partial charge in [0.05, 0.1) is 23.8 Å². The molecule has 2 N–H and O–H groups in total. The van der Waals surface area contributed by atoms with E-state index >= 15 is 0 Å². The molecule has 1 amide bonds. The number of aliphatic hydroxyl groups is 1. The highest BCUT2D eigenvalue weighted by Crippen LogP contribution is 2.16. The first kappa shape index (κ1) is 13.6. The van der Waals surface area contributed by atoms with Gasteiger partial charge in [-0.25, -0.2) is 4.68 Å². The molecule has 5 nitrogen and oxygen atoms in total. The van der Waals surface area contributed by atoms with Crippen molar-refractivity contribution in [3.05, 3.63) is 41.7 Å². The van der Waals surface area contributed by atoms with E-state index in [0.717, 1.165) is 5.69 Å². The second-order valence-electron chi connectivity index (χ2n) is 4.66. The monoisotopic (exact) mass is 279 g/mol. The molecule has 19 heavy (non-hydrogen) atoms. The van der Waals surface area contributed by atoms with E-state index < -0.39 is 11.5 Å². The smallest absolute Gasteiger partial charge is 0.255 e. The SMILES string of the molecule is CC(C)(O)C(=O)Nc1cnn(-c2ccc(Cl)cc2)c1. The maximum absolute atomic E-state index is 11.6. The van der Waals surface area contributed by atoms with Crippen molar-refractivity contribution in [3.8, 4) is 5.69 Å². The van der Waals surface area contributed by atoms with Crippen LogP contribution in [-0.4, -0.2) is 26.4 Å². The number of halogens is 1. The number of hydrogen-bond acceptors (Lipinski definition) is 3. The first-order chi connectivity index (χ1) is 8.86. The van der Waals surface area contributed by atoms with Gasteiger partial charge in [-0.05, 0) is 38.1 Å². The van der Waals surface area contributed by atoms with Crippen LogP contribution >= 0.6 is 11.6 Å². The summed E-state index contributed by atoms with van der Waals surface area (Å²) in [6.07, 6.45) is 3.17. The highest BCUT2D eigenvalue weighted by Gasteiger charge is 2.23. The second-order valence-corrected chi connectivity index (χ2v) is 5.10. The zero-order valence-electron chi connectivity index (χ0n) is 10.6. The first-order valence-corrected chi connectivity index (χ1v) is 6.08. The van der Waals surface area contributed by atoms with Crippen molar-refractivity contribution in [3.63, 3.8) is 0 Å². The fourth-order valence-corrected chi connectivity index (χ4v) is 1.53. The number of hydrogen-bond donors (Lipinski definition) is 2. The molecule has 0 aliphatic heterocycles. The van der Waals surface area contributed by atoms with Crippen LogP contribution in [-0.2, 0) is 4.79 Å². The molecule has 0 bridgehead atoms. The van der Waals surface area contributed by atoms with Crippen LogP contribution in [0.25, 0.3) is 5.69 Å². The third kappa shape index (κ3) is 3.33. The van der Waals surface area contributed by atoms with Gasteiger partial charge in [0.1, 0.15) is 5.60 Å². The molecule has 100 valence electrons. The molecule has 0 saturated heterocycles. The van der Waals surface area contributed by atoms with Gasteiger partial charge in [0.15, 0.2) is 0 Å². The van der Waals surface area contributed by atoms with E-state index in [1.165, 1.54) is 20.0 Å². The van der Waals surface area contributed by atoms with Crippen LogP contribution in [0, 0.1) is 0 Å². The van der Waals surface area contributed by atoms with E-state index in [1.54, 1.807) is 23.0 Å². The van der Waals surface area contributed by atoms with Crippen molar-refractivity contribution in [2.24, 2.45) is 0 Å². The van der Waals surface area contributed by atoms with Crippen molar-refractivity contribution in [1.29, 1.82) is 0 Å². The molecule has 2 rings (SSSR count). The molecule has 1 aromatic carbocycles. The van der Waals surface area contributed by atoms with E-state index in [0.29, 0.717) is 10.7 Å². The number of carbonyl (C=O) groups excluding carboxylic acids is 1. The summed E-state index contributed by atoms with van der Waals surface area (Å²) in [7, 11) is 0. The second kappa shape index (κ2) is 5.03. The predicted octanol–water partition coefficient (Wildman–Crippen LogP) is 2.24. The highest BCUT2D eigenvalue weighted by molar-refractivity contribution is 6.30. The molecule has 0 atom stereocenters. The van der Waals surface area contributed by atoms with Crippen molar-refractivity contribution in [1.82, 2.24) is 9.78 Å². The average Bonchev–Trinajstić information content (AvgIpc) is 2.77. The fourth-order valence-electron chi connectivity index (χ4n) is 1.41. The van der Waals surface area contributed by atoms with Crippen LogP contribution in [0.3, 0.4) is 0 Å². The third-order valence-corrected chi connectivity index (χ3v) is 2.74. The van der Waals surface area contributed by atoms with Gasteiger partial charge in [-0.15, -0.1) is 0 Å². The number of nitrogens with zero attached hydrogens (tertiary/aromatic N) is 2. The summed E-state index contributed by atoms with van der Waals surface area (Å²) in [5, 5.41) is 16.9. The summed E-state index contributed by atoms with van der Waals surface area (Å²) in [6, 6.07) is 7.15. The normalized spacial score (nSPS) is 11.4. The lowest BCUT2D eigenvalue weighted by Gasteiger charge is -2.15. The Labute approximate surface area is 115 Å². The Morgan fingerprint density at radius 1 is 1.37 bits per heavy atom. The summed E-state index contributed by atoms with van der Waals surface area (Å²) in [5.41, 5.74) is -0.0854. The van der Waals surface area contributed by atoms with Crippen LogP contribution in [0.2, 0.25) is 5.02 Å². The van der Waals surface area contributed by atoms with Crippen LogP contribution in [0.15, 0.2) is 36.7 Å². The van der Waals surface area contributed by atoms with Crippen molar-refractivity contribution >= 4 is 23.2 Å². The van der Waals surface area contributed by atoms with Crippen LogP contribution in [0.5, 0.6) is 0 Å². The maximum atomic E-state index is 11.6. The largest absolute Gasteiger partial charge is 0.381 e. The molecule has 2 aromatic rings. The molecule has 1 heterocycles. The van der Waals surface area contributed by atoms with Gasteiger partial charge in [-0.1, -0.05) is 11.6 Å². The molecule has 1 aromatic heterocycles. The minimum atomic E-state index is -1.43. The lowest BCUT2D eigenvalue weighted by atomic mass is 10.1. The number of aromatic nitrogens is 2. The highest BCUT2D eigenvalue weighted by atomic mass is 35.5. The molecule has 0 radical (unpaired) electrons. The Morgan fingerprint density at radius 3 is 2.58 bits per heavy atom. The molecule has 0 unspecified atom stereocenters. The van der Waals surface area contributed by atoms with Gasteiger partial charge in [0, 0.05) is 5.02 Å². The minimum absolute atomic E-state index is 0.483. The number of amides is 1. The van der Waals surface area contributed by atoms with Crippen molar-refractivity contribution < 1.29 is 9.90 Å². The Balaban J connectivity index is 2.16. The number of rotatable bonds is 3. The first-order valence-electron chi connectivity index (χ1n) is 5.71. The molecular formula is C13H14ClN3O2. The zero-order chi connectivity index (χ0) is 14.0. The van der Waals surface area contributed by atoms with Crippen LogP contribution in [0.1, 0.15) is 13.8 Å². The topological polar surface area (TPSA) is 67.2 Å². The lowest BCUT2D eigenvalue weighted by molar-refractivity contribution is -0.130. The summed E-state index contributed by atoms with van der Waals surface area (Å²) >= 11 is 5.81. The number of benzene rings is 1. The van der Waals surface area contributed by atoms with E-state index in [4.69, 9.17) is 11.6 Å². The summed E-state index contributed by atoms with van der Waals surface area (Å²) in [5.74, 6) is -0.483. The molecule has 0 aliphatic carbocycles. The zero-order valence-corrected chi connectivity index (χ0v) is 11.3. The molecule has 0 spiro atoms. The molecule has 0 fully saturated rings. The summed E-state index contributed by atoms with van der Waals surface area (Å²) in [6.45, 7) is 2.85.